The number of aryl methyl sites for hydroxylation is 1. The van der Waals surface area contributed by atoms with Crippen LogP contribution in [0.15, 0.2) is 47.5 Å². The van der Waals surface area contributed by atoms with E-state index < -0.39 is 23.3 Å². The van der Waals surface area contributed by atoms with E-state index in [0.717, 1.165) is 18.6 Å². The summed E-state index contributed by atoms with van der Waals surface area (Å²) in [5.41, 5.74) is 0.841. The molecule has 10 heteroatoms. The molecule has 3 aromatic rings. The van der Waals surface area contributed by atoms with Crippen LogP contribution in [0.5, 0.6) is 5.88 Å². The van der Waals surface area contributed by atoms with Gasteiger partial charge in [0.25, 0.3) is 11.5 Å². The number of aliphatic hydroxyl groups excluding tert-OH is 1. The molecule has 1 fully saturated rings. The molecule has 1 saturated carbocycles. The number of aromatic nitrogens is 2. The van der Waals surface area contributed by atoms with Gasteiger partial charge in [-0.25, -0.2) is 13.8 Å². The van der Waals surface area contributed by atoms with Gasteiger partial charge in [-0.2, -0.15) is 0 Å². The molecule has 0 bridgehead atoms. The maximum atomic E-state index is 13.8. The second kappa shape index (κ2) is 11.0. The smallest absolute Gasteiger partial charge is 0.280 e. The van der Waals surface area contributed by atoms with Gasteiger partial charge in [0.15, 0.2) is 5.02 Å². The van der Waals surface area contributed by atoms with Crippen LogP contribution < -0.4 is 15.6 Å². The molecule has 1 aliphatic rings. The molecule has 0 unspecified atom stereocenters. The summed E-state index contributed by atoms with van der Waals surface area (Å²) in [5.74, 6) is -2.07. The number of nitrogens with one attached hydrogen (secondary N) is 1. The Morgan fingerprint density at radius 3 is 2.71 bits per heavy atom. The minimum Gasteiger partial charge on any atom is -0.471 e. The number of rotatable bonds is 6. The van der Waals surface area contributed by atoms with E-state index in [1.54, 1.807) is 25.1 Å². The third kappa shape index (κ3) is 5.68. The summed E-state index contributed by atoms with van der Waals surface area (Å²) < 4.78 is 33.5. The highest BCUT2D eigenvalue weighted by Gasteiger charge is 2.27. The first-order valence-electron chi connectivity index (χ1n) is 10.7. The highest BCUT2D eigenvalue weighted by Crippen LogP contribution is 2.23. The molecule has 7 nitrogen and oxygen atoms in total. The van der Waals surface area contributed by atoms with Gasteiger partial charge in [0.05, 0.1) is 17.8 Å². The molecule has 1 heterocycles. The predicted octanol–water partition coefficient (Wildman–Crippen LogP) is 4.33. The van der Waals surface area contributed by atoms with Gasteiger partial charge in [-0.15, -0.1) is 0 Å². The van der Waals surface area contributed by atoms with Crippen LogP contribution in [0.3, 0.4) is 0 Å². The van der Waals surface area contributed by atoms with Gasteiger partial charge in [0, 0.05) is 17.2 Å². The van der Waals surface area contributed by atoms with Crippen LogP contribution in [0.2, 0.25) is 5.02 Å². The monoisotopic (exact) mass is 505 g/mol. The predicted molar refractivity (Wildman–Crippen MR) is 128 cm³/mol. The third-order valence-electron chi connectivity index (χ3n) is 5.79. The molecule has 0 saturated heterocycles. The molecule has 0 radical (unpaired) electrons. The summed E-state index contributed by atoms with van der Waals surface area (Å²) >= 11 is 6.18. The average molecular weight is 506 g/mol. The average Bonchev–Trinajstić information content (AvgIpc) is 3.20. The van der Waals surface area contributed by atoms with Crippen LogP contribution in [0.4, 0.5) is 8.78 Å². The van der Waals surface area contributed by atoms with Crippen molar-refractivity contribution in [2.45, 2.75) is 52.4 Å². The summed E-state index contributed by atoms with van der Waals surface area (Å²) in [6, 6.07) is 7.60. The molecule has 186 valence electrons. The number of benzene rings is 2. The van der Waals surface area contributed by atoms with E-state index in [1.165, 1.54) is 17.0 Å². The van der Waals surface area contributed by atoms with Crippen LogP contribution in [0, 0.1) is 18.6 Å². The first-order valence-corrected chi connectivity index (χ1v) is 11.1. The zero-order valence-corrected chi connectivity index (χ0v) is 19.0. The Kier molecular flexibility index (Phi) is 8.24. The van der Waals surface area contributed by atoms with E-state index in [1.807, 2.05) is 0 Å². The van der Waals surface area contributed by atoms with E-state index in [0.29, 0.717) is 29.7 Å². The zero-order valence-electron chi connectivity index (χ0n) is 18.2. The molecule has 2 aromatic carbocycles. The molecule has 2 N–H and O–H groups in total. The highest BCUT2D eigenvalue weighted by molar-refractivity contribution is 6.31. The summed E-state index contributed by atoms with van der Waals surface area (Å²) in [7, 11) is 0. The number of hydrogen-bond acceptors (Lipinski definition) is 5. The van der Waals surface area contributed by atoms with E-state index in [-0.39, 0.29) is 42.4 Å². The first-order chi connectivity index (χ1) is 16.2. The van der Waals surface area contributed by atoms with Crippen LogP contribution in [-0.2, 0) is 6.61 Å². The van der Waals surface area contributed by atoms with Gasteiger partial charge in [0.2, 0.25) is 5.88 Å². The molecule has 0 aliphatic heterocycles. The number of aliphatic hydroxyl groups is 1. The maximum absolute atomic E-state index is 13.8. The van der Waals surface area contributed by atoms with Crippen molar-refractivity contribution in [2.24, 2.45) is 0 Å². The minimum atomic E-state index is -0.791. The number of hydrogen-bond donors (Lipinski definition) is 2. The quantitative estimate of drug-likeness (QED) is 0.520. The summed E-state index contributed by atoms with van der Waals surface area (Å²) in [5, 5.41) is 12.5. The largest absolute Gasteiger partial charge is 0.471 e. The summed E-state index contributed by atoms with van der Waals surface area (Å²) in [4.78, 5) is 29.7. The molecule has 4 rings (SSSR count). The van der Waals surface area contributed by atoms with Crippen molar-refractivity contribution in [3.05, 3.63) is 86.4 Å². The summed E-state index contributed by atoms with van der Waals surface area (Å²) in [6.07, 6.45) is 2.82. The molecular formula is C25H26ClF2N3O4. The number of halogens is 3. The van der Waals surface area contributed by atoms with Crippen LogP contribution >= 0.6 is 11.6 Å². The second-order valence-electron chi connectivity index (χ2n) is 8.14. The molecular weight excluding hydrogens is 480 g/mol. The van der Waals surface area contributed by atoms with Gasteiger partial charge in [0.1, 0.15) is 24.6 Å². The van der Waals surface area contributed by atoms with Gasteiger partial charge in [-0.3, -0.25) is 14.2 Å². The summed E-state index contributed by atoms with van der Waals surface area (Å²) in [6.45, 7) is 1.46. The van der Waals surface area contributed by atoms with Gasteiger partial charge >= 0.3 is 0 Å². The normalized spacial score (nSPS) is 17.1. The van der Waals surface area contributed by atoms with Gasteiger partial charge < -0.3 is 15.2 Å². The van der Waals surface area contributed by atoms with Crippen LogP contribution in [0.1, 0.15) is 48.2 Å². The molecule has 2 atom stereocenters. The second-order valence-corrected chi connectivity index (χ2v) is 8.52. The van der Waals surface area contributed by atoms with E-state index in [4.69, 9.17) is 16.3 Å². The van der Waals surface area contributed by atoms with E-state index in [9.17, 15) is 23.5 Å². The molecule has 1 amide bonds. The van der Waals surface area contributed by atoms with Crippen molar-refractivity contribution in [2.75, 3.05) is 0 Å². The Bertz CT molecular complexity index is 1300. The Balaban J connectivity index is 0.00000342. The lowest BCUT2D eigenvalue weighted by atomic mass is 10.1. The van der Waals surface area contributed by atoms with Gasteiger partial charge in [-0.05, 0) is 56.0 Å². The first kappa shape index (κ1) is 26.3. The fraction of sp³-hybridized carbons (Fsp3) is 0.320. The molecule has 1 aromatic heterocycles. The fourth-order valence-electron chi connectivity index (χ4n) is 3.84. The Morgan fingerprint density at radius 2 is 2.03 bits per heavy atom. The SMILES string of the molecule is C.Cc1ccc(C(=O)N[C@H]2CCC[C@H]2O)cc1-n1cnc(OCc2ccc(F)cc2F)c(Cl)c1=O. The van der Waals surface area contributed by atoms with Crippen LogP contribution in [-0.4, -0.2) is 32.7 Å². The minimum absolute atomic E-state index is 0. The number of ether oxygens (including phenoxy) is 1. The lowest BCUT2D eigenvalue weighted by Crippen LogP contribution is -2.39. The third-order valence-corrected chi connectivity index (χ3v) is 6.11. The van der Waals surface area contributed by atoms with Crippen molar-refractivity contribution in [3.8, 4) is 11.6 Å². The number of carbonyl (C=O) groups excluding carboxylic acids is 1. The molecule has 0 spiro atoms. The topological polar surface area (TPSA) is 93.5 Å². The zero-order chi connectivity index (χ0) is 24.4. The Labute approximate surface area is 206 Å². The maximum Gasteiger partial charge on any atom is 0.280 e. The fourth-order valence-corrected chi connectivity index (χ4v) is 4.04. The molecule has 35 heavy (non-hydrogen) atoms. The van der Waals surface area contributed by atoms with Crippen LogP contribution in [0.25, 0.3) is 5.69 Å². The van der Waals surface area contributed by atoms with Crippen molar-refractivity contribution < 1.29 is 23.4 Å². The molecule has 1 aliphatic carbocycles. The van der Waals surface area contributed by atoms with E-state index in [2.05, 4.69) is 10.3 Å². The number of carbonyl (C=O) groups is 1. The van der Waals surface area contributed by atoms with Crippen molar-refractivity contribution in [1.29, 1.82) is 0 Å². The van der Waals surface area contributed by atoms with E-state index >= 15 is 0 Å². The van der Waals surface area contributed by atoms with Crippen molar-refractivity contribution in [1.82, 2.24) is 14.9 Å². The number of amides is 1. The lowest BCUT2D eigenvalue weighted by molar-refractivity contribution is 0.0873. The number of nitrogens with zero attached hydrogens (tertiary/aromatic N) is 2. The Hall–Kier alpha value is -3.30. The Morgan fingerprint density at radius 1 is 1.26 bits per heavy atom. The highest BCUT2D eigenvalue weighted by atomic mass is 35.5. The lowest BCUT2D eigenvalue weighted by Gasteiger charge is -2.17. The standard InChI is InChI=1S/C24H22ClF2N3O4.CH4/c1-13-5-6-14(22(32)29-18-3-2-4-20(18)31)9-19(13)30-12-28-23(21(25)24(30)33)34-11-15-7-8-16(26)10-17(15)27;/h5-10,12,18,20,31H,2-4,11H2,1H3,(H,29,32);1H4/t18-,20+;/m0./s1. The van der Waals surface area contributed by atoms with Gasteiger partial charge in [-0.1, -0.05) is 25.1 Å². The van der Waals surface area contributed by atoms with Crippen molar-refractivity contribution in [3.63, 3.8) is 0 Å². The van der Waals surface area contributed by atoms with Crippen molar-refractivity contribution >= 4 is 17.5 Å².